The van der Waals surface area contributed by atoms with E-state index in [-0.39, 0.29) is 18.0 Å². The molecule has 2 N–H and O–H groups in total. The first-order valence-electron chi connectivity index (χ1n) is 5.74. The summed E-state index contributed by atoms with van der Waals surface area (Å²) in [7, 11) is 0. The van der Waals surface area contributed by atoms with Crippen LogP contribution in [0.4, 0.5) is 9.93 Å². The van der Waals surface area contributed by atoms with Gasteiger partial charge >= 0.3 is 6.03 Å². The second-order valence-electron chi connectivity index (χ2n) is 4.12. The number of amides is 3. The number of nitrogens with zero attached hydrogens (tertiary/aromatic N) is 3. The van der Waals surface area contributed by atoms with Gasteiger partial charge in [0, 0.05) is 26.1 Å². The first kappa shape index (κ1) is 12.7. The molecular weight excluding hydrogens is 254 g/mol. The Morgan fingerprint density at radius 2 is 2.17 bits per heavy atom. The molecule has 0 aromatic carbocycles. The van der Waals surface area contributed by atoms with Crippen LogP contribution in [0, 0.1) is 0 Å². The Balaban J connectivity index is 1.74. The van der Waals surface area contributed by atoms with Crippen LogP contribution >= 0.6 is 11.3 Å². The number of anilines is 1. The van der Waals surface area contributed by atoms with E-state index in [2.05, 4.69) is 20.8 Å². The van der Waals surface area contributed by atoms with Crippen molar-refractivity contribution in [2.45, 2.75) is 25.8 Å². The molecule has 0 atom stereocenters. The molecule has 1 aromatic heterocycles. The maximum Gasteiger partial charge on any atom is 0.321 e. The fraction of sp³-hybridized carbons (Fsp3) is 0.600. The molecule has 0 bridgehead atoms. The van der Waals surface area contributed by atoms with Gasteiger partial charge in [-0.1, -0.05) is 11.3 Å². The maximum atomic E-state index is 11.6. The van der Waals surface area contributed by atoms with Crippen LogP contribution in [0.2, 0.25) is 0 Å². The number of urea groups is 1. The molecule has 98 valence electrons. The summed E-state index contributed by atoms with van der Waals surface area (Å²) in [6.45, 7) is 2.95. The summed E-state index contributed by atoms with van der Waals surface area (Å²) < 4.78 is 0. The van der Waals surface area contributed by atoms with Crippen molar-refractivity contribution in [3.8, 4) is 0 Å². The van der Waals surface area contributed by atoms with Gasteiger partial charge in [0.2, 0.25) is 11.0 Å². The second kappa shape index (κ2) is 5.76. The Kier molecular flexibility index (Phi) is 4.08. The molecular formula is C10H15N5O2S. The van der Waals surface area contributed by atoms with Crippen molar-refractivity contribution in [1.29, 1.82) is 0 Å². The summed E-state index contributed by atoms with van der Waals surface area (Å²) in [5.41, 5.74) is 1.56. The lowest BCUT2D eigenvalue weighted by Gasteiger charge is -2.31. The Hall–Kier alpha value is -1.70. The van der Waals surface area contributed by atoms with Crippen LogP contribution in [-0.2, 0) is 4.79 Å². The molecule has 1 aliphatic rings. The van der Waals surface area contributed by atoms with Crippen LogP contribution in [0.1, 0.15) is 19.8 Å². The first-order chi connectivity index (χ1) is 8.65. The van der Waals surface area contributed by atoms with Gasteiger partial charge in [0.25, 0.3) is 0 Å². The standard InChI is InChI=1S/C10H15N5O2S/c1-7(16)15-4-2-8(3-5-15)12-9(17)13-10-14-11-6-18-10/h6,8H,2-5H2,1H3,(H2,12,13,14,17). The molecule has 0 radical (unpaired) electrons. The van der Waals surface area contributed by atoms with Gasteiger partial charge < -0.3 is 10.2 Å². The van der Waals surface area contributed by atoms with Crippen molar-refractivity contribution in [2.75, 3.05) is 18.4 Å². The molecule has 1 fully saturated rings. The quantitative estimate of drug-likeness (QED) is 0.826. The van der Waals surface area contributed by atoms with Crippen molar-refractivity contribution in [3.63, 3.8) is 0 Å². The maximum absolute atomic E-state index is 11.6. The topological polar surface area (TPSA) is 87.2 Å². The Morgan fingerprint density at radius 1 is 1.44 bits per heavy atom. The molecule has 8 heteroatoms. The van der Waals surface area contributed by atoms with Gasteiger partial charge in [-0.2, -0.15) is 0 Å². The van der Waals surface area contributed by atoms with E-state index in [1.54, 1.807) is 17.3 Å². The van der Waals surface area contributed by atoms with Crippen LogP contribution in [0.5, 0.6) is 0 Å². The zero-order chi connectivity index (χ0) is 13.0. The van der Waals surface area contributed by atoms with E-state index in [0.717, 1.165) is 12.8 Å². The van der Waals surface area contributed by atoms with Crippen molar-refractivity contribution < 1.29 is 9.59 Å². The smallest absolute Gasteiger partial charge is 0.321 e. The summed E-state index contributed by atoms with van der Waals surface area (Å²) in [5.74, 6) is 0.0896. The van der Waals surface area contributed by atoms with Crippen LogP contribution in [0.15, 0.2) is 5.51 Å². The first-order valence-corrected chi connectivity index (χ1v) is 6.62. The fourth-order valence-electron chi connectivity index (χ4n) is 1.88. The molecule has 7 nitrogen and oxygen atoms in total. The predicted octanol–water partition coefficient (Wildman–Crippen LogP) is 0.670. The van der Waals surface area contributed by atoms with Gasteiger partial charge in [-0.25, -0.2) is 4.79 Å². The molecule has 0 unspecified atom stereocenters. The number of aromatic nitrogens is 2. The third-order valence-corrected chi connectivity index (χ3v) is 3.46. The molecule has 1 aromatic rings. The van der Waals surface area contributed by atoms with E-state index in [4.69, 9.17) is 0 Å². The largest absolute Gasteiger partial charge is 0.343 e. The highest BCUT2D eigenvalue weighted by atomic mass is 32.1. The zero-order valence-electron chi connectivity index (χ0n) is 10.0. The Bertz CT molecular complexity index is 414. The Morgan fingerprint density at radius 3 is 2.72 bits per heavy atom. The van der Waals surface area contributed by atoms with Crippen LogP contribution in [0.3, 0.4) is 0 Å². The molecule has 1 saturated heterocycles. The zero-order valence-corrected chi connectivity index (χ0v) is 10.9. The molecule has 1 aliphatic heterocycles. The average molecular weight is 269 g/mol. The number of hydrogen-bond acceptors (Lipinski definition) is 5. The highest BCUT2D eigenvalue weighted by molar-refractivity contribution is 7.13. The van der Waals surface area contributed by atoms with E-state index in [1.807, 2.05) is 0 Å². The summed E-state index contributed by atoms with van der Waals surface area (Å²) in [6.07, 6.45) is 1.56. The van der Waals surface area contributed by atoms with Crippen molar-refractivity contribution in [1.82, 2.24) is 20.4 Å². The monoisotopic (exact) mass is 269 g/mol. The van der Waals surface area contributed by atoms with Crippen LogP contribution in [-0.4, -0.2) is 46.2 Å². The van der Waals surface area contributed by atoms with E-state index in [9.17, 15) is 9.59 Å². The molecule has 3 amide bonds. The summed E-state index contributed by atoms with van der Waals surface area (Å²) in [6, 6.07) is -0.165. The number of hydrogen-bond donors (Lipinski definition) is 2. The third kappa shape index (κ3) is 3.39. The van der Waals surface area contributed by atoms with Gasteiger partial charge in [0.1, 0.15) is 5.51 Å². The molecule has 2 heterocycles. The highest BCUT2D eigenvalue weighted by Gasteiger charge is 2.21. The molecule has 2 rings (SSSR count). The van der Waals surface area contributed by atoms with Crippen molar-refractivity contribution in [2.24, 2.45) is 0 Å². The number of rotatable bonds is 2. The minimum Gasteiger partial charge on any atom is -0.343 e. The van der Waals surface area contributed by atoms with E-state index >= 15 is 0 Å². The van der Waals surface area contributed by atoms with Gasteiger partial charge in [-0.05, 0) is 12.8 Å². The number of likely N-dealkylation sites (tertiary alicyclic amines) is 1. The van der Waals surface area contributed by atoms with Crippen molar-refractivity contribution in [3.05, 3.63) is 5.51 Å². The number of piperidine rings is 1. The molecule has 0 aliphatic carbocycles. The third-order valence-electron chi connectivity index (χ3n) is 2.86. The number of carbonyl (C=O) groups excluding carboxylic acids is 2. The molecule has 0 spiro atoms. The van der Waals surface area contributed by atoms with Gasteiger partial charge in [-0.3, -0.25) is 10.1 Å². The Labute approximate surface area is 109 Å². The number of nitrogens with one attached hydrogen (secondary N) is 2. The van der Waals surface area contributed by atoms with Gasteiger partial charge in [0.15, 0.2) is 0 Å². The van der Waals surface area contributed by atoms with E-state index in [0.29, 0.717) is 18.2 Å². The summed E-state index contributed by atoms with van der Waals surface area (Å²) >= 11 is 1.27. The minimum atomic E-state index is -0.270. The normalized spacial score (nSPS) is 16.4. The van der Waals surface area contributed by atoms with E-state index < -0.39 is 0 Å². The molecule has 0 saturated carbocycles. The fourth-order valence-corrected chi connectivity index (χ4v) is 2.32. The SMILES string of the molecule is CC(=O)N1CCC(NC(=O)Nc2nncs2)CC1. The number of carbonyl (C=O) groups is 2. The summed E-state index contributed by atoms with van der Waals surface area (Å²) in [5, 5.41) is 13.3. The lowest BCUT2D eigenvalue weighted by atomic mass is 10.1. The lowest BCUT2D eigenvalue weighted by molar-refractivity contribution is -0.129. The van der Waals surface area contributed by atoms with Crippen LogP contribution < -0.4 is 10.6 Å². The van der Waals surface area contributed by atoms with Gasteiger partial charge in [-0.15, -0.1) is 10.2 Å². The predicted molar refractivity (Wildman–Crippen MR) is 67.3 cm³/mol. The minimum absolute atomic E-state index is 0.0896. The van der Waals surface area contributed by atoms with Crippen molar-refractivity contribution >= 4 is 28.4 Å². The van der Waals surface area contributed by atoms with Crippen LogP contribution in [0.25, 0.3) is 0 Å². The second-order valence-corrected chi connectivity index (χ2v) is 4.96. The lowest BCUT2D eigenvalue weighted by Crippen LogP contribution is -2.47. The average Bonchev–Trinajstić information content (AvgIpc) is 2.82. The highest BCUT2D eigenvalue weighted by Crippen LogP contribution is 2.11. The summed E-state index contributed by atoms with van der Waals surface area (Å²) in [4.78, 5) is 24.6. The van der Waals surface area contributed by atoms with Gasteiger partial charge in [0.05, 0.1) is 0 Å². The molecule has 18 heavy (non-hydrogen) atoms. The van der Waals surface area contributed by atoms with E-state index in [1.165, 1.54) is 11.3 Å².